The fourth-order valence-electron chi connectivity index (χ4n) is 3.34. The lowest BCUT2D eigenvalue weighted by Gasteiger charge is -2.38. The summed E-state index contributed by atoms with van der Waals surface area (Å²) in [5, 5.41) is 3.64. The Morgan fingerprint density at radius 1 is 1.29 bits per heavy atom. The van der Waals surface area contributed by atoms with Gasteiger partial charge in [-0.25, -0.2) is 4.79 Å². The maximum Gasteiger partial charge on any atom is 0.327 e. The van der Waals surface area contributed by atoms with E-state index in [-0.39, 0.29) is 5.97 Å². The first kappa shape index (κ1) is 16.8. The highest BCUT2D eigenvalue weighted by Crippen LogP contribution is 2.43. The summed E-state index contributed by atoms with van der Waals surface area (Å²) < 4.78 is 5.18. The number of hydrogen-bond acceptors (Lipinski definition) is 4. The van der Waals surface area contributed by atoms with Crippen molar-refractivity contribution in [3.05, 3.63) is 0 Å². The number of likely N-dealkylation sites (N-methyl/N-ethyl adjacent to an activating group) is 1. The molecule has 21 heavy (non-hydrogen) atoms. The van der Waals surface area contributed by atoms with Gasteiger partial charge >= 0.3 is 5.97 Å². The standard InChI is InChI=1S/C17H32N2O2/c1-12(2)10-13(3)19(4)11-17(14-6-7-14,16(20)21-5)18-15-8-9-15/h12-15,18H,6-11H2,1-5H3. The van der Waals surface area contributed by atoms with E-state index >= 15 is 0 Å². The van der Waals surface area contributed by atoms with Crippen LogP contribution in [0.4, 0.5) is 0 Å². The first-order valence-electron chi connectivity index (χ1n) is 8.45. The molecular formula is C17H32N2O2. The molecule has 2 rings (SSSR count). The molecule has 0 aromatic heterocycles. The van der Waals surface area contributed by atoms with Crippen molar-refractivity contribution >= 4 is 5.97 Å². The van der Waals surface area contributed by atoms with Crippen LogP contribution < -0.4 is 5.32 Å². The molecule has 0 heterocycles. The lowest BCUT2D eigenvalue weighted by molar-refractivity contribution is -0.151. The molecule has 2 aliphatic rings. The number of hydrogen-bond donors (Lipinski definition) is 1. The van der Waals surface area contributed by atoms with Crippen molar-refractivity contribution in [1.82, 2.24) is 10.2 Å². The molecule has 0 amide bonds. The lowest BCUT2D eigenvalue weighted by Crippen LogP contribution is -2.62. The van der Waals surface area contributed by atoms with Gasteiger partial charge in [0.1, 0.15) is 5.54 Å². The quantitative estimate of drug-likeness (QED) is 0.664. The molecule has 2 unspecified atom stereocenters. The fourth-order valence-corrected chi connectivity index (χ4v) is 3.34. The Labute approximate surface area is 129 Å². The number of rotatable bonds is 9. The average molecular weight is 296 g/mol. The molecule has 2 aliphatic carbocycles. The van der Waals surface area contributed by atoms with Crippen molar-refractivity contribution in [2.45, 2.75) is 70.5 Å². The van der Waals surface area contributed by atoms with Crippen LogP contribution >= 0.6 is 0 Å². The fraction of sp³-hybridized carbons (Fsp3) is 0.941. The van der Waals surface area contributed by atoms with Crippen LogP contribution in [0.25, 0.3) is 0 Å². The van der Waals surface area contributed by atoms with E-state index in [9.17, 15) is 4.79 Å². The van der Waals surface area contributed by atoms with Crippen LogP contribution in [0.15, 0.2) is 0 Å². The van der Waals surface area contributed by atoms with Gasteiger partial charge in [0.2, 0.25) is 0 Å². The second kappa shape index (κ2) is 6.66. The minimum atomic E-state index is -0.490. The highest BCUT2D eigenvalue weighted by molar-refractivity contribution is 5.82. The van der Waals surface area contributed by atoms with Gasteiger partial charge in [-0.3, -0.25) is 5.32 Å². The Bertz CT molecular complexity index is 364. The third kappa shape index (κ3) is 4.19. The molecule has 1 N–H and O–H groups in total. The van der Waals surface area contributed by atoms with Crippen molar-refractivity contribution in [1.29, 1.82) is 0 Å². The van der Waals surface area contributed by atoms with Crippen LogP contribution in [0.1, 0.15) is 52.9 Å². The molecule has 2 fully saturated rings. The van der Waals surface area contributed by atoms with Gasteiger partial charge in [-0.15, -0.1) is 0 Å². The van der Waals surface area contributed by atoms with Gasteiger partial charge < -0.3 is 9.64 Å². The maximum absolute atomic E-state index is 12.5. The predicted molar refractivity (Wildman–Crippen MR) is 85.2 cm³/mol. The van der Waals surface area contributed by atoms with Crippen LogP contribution in [-0.2, 0) is 9.53 Å². The highest BCUT2D eigenvalue weighted by Gasteiger charge is 2.54. The summed E-state index contributed by atoms with van der Waals surface area (Å²) in [5.74, 6) is 1.05. The van der Waals surface area contributed by atoms with E-state index in [2.05, 4.69) is 38.0 Å². The number of nitrogens with one attached hydrogen (secondary N) is 1. The van der Waals surface area contributed by atoms with Crippen LogP contribution in [0.3, 0.4) is 0 Å². The number of ether oxygens (including phenoxy) is 1. The van der Waals surface area contributed by atoms with Crippen molar-refractivity contribution in [3.63, 3.8) is 0 Å². The summed E-state index contributed by atoms with van der Waals surface area (Å²) in [7, 11) is 3.66. The molecule has 0 aromatic rings. The number of carbonyl (C=O) groups excluding carboxylic acids is 1. The summed E-state index contributed by atoms with van der Waals surface area (Å²) in [6.07, 6.45) is 5.82. The first-order chi connectivity index (χ1) is 9.89. The minimum Gasteiger partial charge on any atom is -0.468 e. The van der Waals surface area contributed by atoms with Gasteiger partial charge in [0.15, 0.2) is 0 Å². The second-order valence-corrected chi connectivity index (χ2v) is 7.55. The summed E-state index contributed by atoms with van der Waals surface area (Å²) >= 11 is 0. The van der Waals surface area contributed by atoms with Gasteiger partial charge in [0, 0.05) is 18.6 Å². The number of nitrogens with zero attached hydrogens (tertiary/aromatic N) is 1. The monoisotopic (exact) mass is 296 g/mol. The normalized spacial score (nSPS) is 23.2. The predicted octanol–water partition coefficient (Wildman–Crippen LogP) is 2.43. The number of methoxy groups -OCH3 is 1. The van der Waals surface area contributed by atoms with Crippen LogP contribution in [0, 0.1) is 11.8 Å². The summed E-state index contributed by atoms with van der Waals surface area (Å²) in [4.78, 5) is 14.9. The third-order valence-electron chi connectivity index (χ3n) is 4.93. The summed E-state index contributed by atoms with van der Waals surface area (Å²) in [6, 6.07) is 0.993. The number of esters is 1. The van der Waals surface area contributed by atoms with Crippen molar-refractivity contribution < 1.29 is 9.53 Å². The molecular weight excluding hydrogens is 264 g/mol. The molecule has 122 valence electrons. The van der Waals surface area contributed by atoms with E-state index < -0.39 is 5.54 Å². The second-order valence-electron chi connectivity index (χ2n) is 7.55. The Morgan fingerprint density at radius 3 is 2.33 bits per heavy atom. The zero-order valence-corrected chi connectivity index (χ0v) is 14.3. The Morgan fingerprint density at radius 2 is 1.90 bits per heavy atom. The average Bonchev–Trinajstić information content (AvgIpc) is 3.26. The molecule has 0 bridgehead atoms. The topological polar surface area (TPSA) is 41.6 Å². The Hall–Kier alpha value is -0.610. The zero-order valence-electron chi connectivity index (χ0n) is 14.3. The maximum atomic E-state index is 12.5. The molecule has 4 heteroatoms. The SMILES string of the molecule is COC(=O)C(CN(C)C(C)CC(C)C)(NC1CC1)C1CC1. The molecule has 0 saturated heterocycles. The van der Waals surface area contributed by atoms with Gasteiger partial charge in [0.05, 0.1) is 7.11 Å². The molecule has 0 aliphatic heterocycles. The largest absolute Gasteiger partial charge is 0.468 e. The van der Waals surface area contributed by atoms with Crippen LogP contribution in [-0.4, -0.2) is 49.2 Å². The van der Waals surface area contributed by atoms with E-state index in [1.807, 2.05) is 0 Å². The van der Waals surface area contributed by atoms with Gasteiger partial charge in [-0.05, 0) is 57.9 Å². The van der Waals surface area contributed by atoms with E-state index in [1.54, 1.807) is 0 Å². The number of carbonyl (C=O) groups is 1. The van der Waals surface area contributed by atoms with Gasteiger partial charge in [0.25, 0.3) is 0 Å². The molecule has 0 aromatic carbocycles. The van der Waals surface area contributed by atoms with Crippen LogP contribution in [0.2, 0.25) is 0 Å². The van der Waals surface area contributed by atoms with Gasteiger partial charge in [-0.1, -0.05) is 13.8 Å². The molecule has 0 spiro atoms. The van der Waals surface area contributed by atoms with E-state index in [0.717, 1.165) is 25.8 Å². The third-order valence-corrected chi connectivity index (χ3v) is 4.93. The van der Waals surface area contributed by atoms with Crippen molar-refractivity contribution in [2.24, 2.45) is 11.8 Å². The molecule has 4 nitrogen and oxygen atoms in total. The first-order valence-corrected chi connectivity index (χ1v) is 8.45. The molecule has 2 atom stereocenters. The van der Waals surface area contributed by atoms with E-state index in [1.165, 1.54) is 20.0 Å². The summed E-state index contributed by atoms with van der Waals surface area (Å²) in [5.41, 5.74) is -0.490. The lowest BCUT2D eigenvalue weighted by atomic mass is 9.91. The van der Waals surface area contributed by atoms with E-state index in [4.69, 9.17) is 4.74 Å². The molecule has 0 radical (unpaired) electrons. The Balaban J connectivity index is 2.08. The van der Waals surface area contributed by atoms with Gasteiger partial charge in [-0.2, -0.15) is 0 Å². The highest BCUT2D eigenvalue weighted by atomic mass is 16.5. The van der Waals surface area contributed by atoms with Crippen molar-refractivity contribution in [2.75, 3.05) is 20.7 Å². The minimum absolute atomic E-state index is 0.0690. The van der Waals surface area contributed by atoms with Crippen LogP contribution in [0.5, 0.6) is 0 Å². The zero-order chi connectivity index (χ0) is 15.6. The molecule has 2 saturated carbocycles. The summed E-state index contributed by atoms with van der Waals surface area (Å²) in [6.45, 7) is 7.52. The van der Waals surface area contributed by atoms with E-state index in [0.29, 0.717) is 23.9 Å². The van der Waals surface area contributed by atoms with Crippen molar-refractivity contribution in [3.8, 4) is 0 Å². The Kier molecular flexibility index (Phi) is 5.31. The smallest absolute Gasteiger partial charge is 0.327 e.